The molecule has 1 N–H and O–H groups in total. The molecule has 1 heterocycles. The Hall–Kier alpha value is -1.35. The van der Waals surface area contributed by atoms with Crippen molar-refractivity contribution in [2.45, 2.75) is 45.2 Å². The van der Waals surface area contributed by atoms with E-state index in [4.69, 9.17) is 4.98 Å². The Morgan fingerprint density at radius 2 is 2.17 bits per heavy atom. The van der Waals surface area contributed by atoms with Gasteiger partial charge in [-0.3, -0.25) is 0 Å². The second-order valence-corrected chi connectivity index (χ2v) is 5.24. The molecule has 1 atom stereocenters. The van der Waals surface area contributed by atoms with Gasteiger partial charge in [0.25, 0.3) is 0 Å². The van der Waals surface area contributed by atoms with Gasteiger partial charge in [-0.25, -0.2) is 4.98 Å². The Kier molecular flexibility index (Phi) is 3.08. The van der Waals surface area contributed by atoms with Crippen LogP contribution < -0.4 is 5.32 Å². The number of hydrogen-bond acceptors (Lipinski definition) is 2. The molecular formula is C15H21N3. The van der Waals surface area contributed by atoms with Gasteiger partial charge in [-0.15, -0.1) is 0 Å². The maximum absolute atomic E-state index is 4.83. The van der Waals surface area contributed by atoms with E-state index >= 15 is 0 Å². The molecule has 0 aliphatic heterocycles. The summed E-state index contributed by atoms with van der Waals surface area (Å²) in [4.78, 5) is 4.83. The molecule has 1 unspecified atom stereocenters. The van der Waals surface area contributed by atoms with E-state index in [-0.39, 0.29) is 0 Å². The lowest BCUT2D eigenvalue weighted by Crippen LogP contribution is -2.22. The highest BCUT2D eigenvalue weighted by molar-refractivity contribution is 5.76. The number of para-hydroxylation sites is 2. The van der Waals surface area contributed by atoms with Crippen molar-refractivity contribution < 1.29 is 0 Å². The molecule has 3 heteroatoms. The molecule has 18 heavy (non-hydrogen) atoms. The summed E-state index contributed by atoms with van der Waals surface area (Å²) >= 11 is 0. The van der Waals surface area contributed by atoms with Crippen LogP contribution in [0.3, 0.4) is 0 Å². The van der Waals surface area contributed by atoms with Crippen LogP contribution >= 0.6 is 0 Å². The highest BCUT2D eigenvalue weighted by Gasteiger charge is 2.29. The maximum atomic E-state index is 4.83. The minimum absolute atomic E-state index is 0.331. The molecule has 0 radical (unpaired) electrons. The van der Waals surface area contributed by atoms with Gasteiger partial charge in [-0.1, -0.05) is 19.1 Å². The first-order chi connectivity index (χ1) is 8.81. The molecule has 1 aromatic heterocycles. The van der Waals surface area contributed by atoms with Crippen molar-refractivity contribution in [2.24, 2.45) is 0 Å². The van der Waals surface area contributed by atoms with E-state index in [1.54, 1.807) is 0 Å². The predicted molar refractivity (Wildman–Crippen MR) is 74.7 cm³/mol. The lowest BCUT2D eigenvalue weighted by atomic mass is 10.3. The zero-order valence-electron chi connectivity index (χ0n) is 11.2. The minimum Gasteiger partial charge on any atom is -0.324 e. The summed E-state index contributed by atoms with van der Waals surface area (Å²) < 4.78 is 2.45. The highest BCUT2D eigenvalue weighted by Crippen LogP contribution is 2.39. The fourth-order valence-electron chi connectivity index (χ4n) is 2.54. The van der Waals surface area contributed by atoms with E-state index in [2.05, 4.69) is 48.0 Å². The lowest BCUT2D eigenvalue weighted by molar-refractivity contribution is 0.518. The van der Waals surface area contributed by atoms with Crippen LogP contribution in [0.5, 0.6) is 0 Å². The number of imidazole rings is 1. The van der Waals surface area contributed by atoms with E-state index in [0.29, 0.717) is 12.1 Å². The topological polar surface area (TPSA) is 29.9 Å². The molecule has 2 aromatic rings. The van der Waals surface area contributed by atoms with E-state index in [0.717, 1.165) is 18.5 Å². The van der Waals surface area contributed by atoms with Crippen LogP contribution in [0, 0.1) is 0 Å². The molecule has 1 saturated carbocycles. The number of fused-ring (bicyclic) bond motifs is 1. The van der Waals surface area contributed by atoms with Crippen molar-refractivity contribution in [3.8, 4) is 0 Å². The number of rotatable bonds is 5. The van der Waals surface area contributed by atoms with Crippen molar-refractivity contribution in [2.75, 3.05) is 6.54 Å². The van der Waals surface area contributed by atoms with E-state index in [9.17, 15) is 0 Å². The first-order valence-electron chi connectivity index (χ1n) is 7.01. The third kappa shape index (κ3) is 2.03. The number of benzene rings is 1. The Bertz CT molecular complexity index is 540. The molecule has 0 spiro atoms. The maximum Gasteiger partial charge on any atom is 0.127 e. The molecular weight excluding hydrogens is 222 g/mol. The number of hydrogen-bond donors (Lipinski definition) is 1. The number of nitrogens with one attached hydrogen (secondary N) is 1. The molecule has 1 aliphatic carbocycles. The Morgan fingerprint density at radius 1 is 1.39 bits per heavy atom. The fourth-order valence-corrected chi connectivity index (χ4v) is 2.54. The Morgan fingerprint density at radius 3 is 2.89 bits per heavy atom. The third-order valence-corrected chi connectivity index (χ3v) is 3.62. The van der Waals surface area contributed by atoms with Gasteiger partial charge in [0.1, 0.15) is 5.82 Å². The fraction of sp³-hybridized carbons (Fsp3) is 0.533. The molecule has 1 fully saturated rings. The third-order valence-electron chi connectivity index (χ3n) is 3.62. The van der Waals surface area contributed by atoms with Crippen molar-refractivity contribution in [1.82, 2.24) is 14.9 Å². The largest absolute Gasteiger partial charge is 0.324 e. The van der Waals surface area contributed by atoms with Crippen LogP contribution in [0.25, 0.3) is 11.0 Å². The van der Waals surface area contributed by atoms with E-state index in [1.165, 1.54) is 24.2 Å². The average Bonchev–Trinajstić information content (AvgIpc) is 3.15. The zero-order chi connectivity index (χ0) is 12.5. The number of nitrogens with zero attached hydrogens (tertiary/aromatic N) is 2. The molecule has 0 amide bonds. The van der Waals surface area contributed by atoms with Crippen molar-refractivity contribution in [1.29, 1.82) is 0 Å². The van der Waals surface area contributed by atoms with Gasteiger partial charge in [0.05, 0.1) is 17.1 Å². The molecule has 96 valence electrons. The highest BCUT2D eigenvalue weighted by atomic mass is 15.2. The molecule has 0 bridgehead atoms. The second kappa shape index (κ2) is 4.73. The molecule has 1 aliphatic rings. The summed E-state index contributed by atoms with van der Waals surface area (Å²) in [5.41, 5.74) is 2.42. The summed E-state index contributed by atoms with van der Waals surface area (Å²) in [7, 11) is 0. The van der Waals surface area contributed by atoms with Gasteiger partial charge >= 0.3 is 0 Å². The van der Waals surface area contributed by atoms with Crippen LogP contribution in [0.1, 0.15) is 51.0 Å². The first kappa shape index (κ1) is 11.7. The van der Waals surface area contributed by atoms with Gasteiger partial charge < -0.3 is 9.88 Å². The first-order valence-corrected chi connectivity index (χ1v) is 7.01. The van der Waals surface area contributed by atoms with Gasteiger partial charge in [0.15, 0.2) is 0 Å². The number of aromatic nitrogens is 2. The van der Waals surface area contributed by atoms with Gasteiger partial charge in [0, 0.05) is 6.04 Å². The smallest absolute Gasteiger partial charge is 0.127 e. The van der Waals surface area contributed by atoms with E-state index in [1.807, 2.05) is 0 Å². The standard InChI is InChI=1S/C15H21N3/c1-3-10-16-11(2)15-17-13-6-4-5-7-14(13)18(15)12-8-9-12/h4-7,11-12,16H,3,8-10H2,1-2H3. The summed E-state index contributed by atoms with van der Waals surface area (Å²) in [5.74, 6) is 1.20. The van der Waals surface area contributed by atoms with Gasteiger partial charge in [0.2, 0.25) is 0 Å². The summed E-state index contributed by atoms with van der Waals surface area (Å²) in [5, 5.41) is 3.55. The SMILES string of the molecule is CCCNC(C)c1nc2ccccc2n1C1CC1. The minimum atomic E-state index is 0.331. The Labute approximate surface area is 108 Å². The quantitative estimate of drug-likeness (QED) is 0.872. The van der Waals surface area contributed by atoms with Crippen LogP contribution in [-0.4, -0.2) is 16.1 Å². The summed E-state index contributed by atoms with van der Waals surface area (Å²) in [6.45, 7) is 5.47. The molecule has 1 aromatic carbocycles. The summed E-state index contributed by atoms with van der Waals surface area (Å²) in [6, 6.07) is 9.49. The van der Waals surface area contributed by atoms with Gasteiger partial charge in [-0.05, 0) is 44.9 Å². The molecule has 3 rings (SSSR count). The monoisotopic (exact) mass is 243 g/mol. The zero-order valence-corrected chi connectivity index (χ0v) is 11.2. The van der Waals surface area contributed by atoms with Crippen molar-refractivity contribution in [3.05, 3.63) is 30.1 Å². The van der Waals surface area contributed by atoms with Crippen LogP contribution in [0.4, 0.5) is 0 Å². The van der Waals surface area contributed by atoms with E-state index < -0.39 is 0 Å². The normalized spacial score (nSPS) is 17.2. The Balaban J connectivity index is 2.01. The summed E-state index contributed by atoms with van der Waals surface area (Å²) in [6.07, 6.45) is 3.76. The van der Waals surface area contributed by atoms with Gasteiger partial charge in [-0.2, -0.15) is 0 Å². The van der Waals surface area contributed by atoms with Crippen LogP contribution in [0.2, 0.25) is 0 Å². The lowest BCUT2D eigenvalue weighted by Gasteiger charge is -2.15. The van der Waals surface area contributed by atoms with Crippen LogP contribution in [0.15, 0.2) is 24.3 Å². The average molecular weight is 243 g/mol. The van der Waals surface area contributed by atoms with Crippen LogP contribution in [-0.2, 0) is 0 Å². The molecule has 3 nitrogen and oxygen atoms in total. The second-order valence-electron chi connectivity index (χ2n) is 5.24. The molecule has 0 saturated heterocycles. The van der Waals surface area contributed by atoms with Crippen molar-refractivity contribution >= 4 is 11.0 Å². The van der Waals surface area contributed by atoms with Crippen molar-refractivity contribution in [3.63, 3.8) is 0 Å². The predicted octanol–water partition coefficient (Wildman–Crippen LogP) is 3.43.